The average molecular weight is 363 g/mol. The van der Waals surface area contributed by atoms with Gasteiger partial charge in [0.2, 0.25) is 5.88 Å². The van der Waals surface area contributed by atoms with Crippen LogP contribution in [0.2, 0.25) is 5.02 Å². The highest BCUT2D eigenvalue weighted by atomic mass is 35.5. The molecule has 1 aromatic heterocycles. The van der Waals surface area contributed by atoms with Crippen molar-refractivity contribution in [2.75, 3.05) is 6.61 Å². The first kappa shape index (κ1) is 19.1. The van der Waals surface area contributed by atoms with Crippen LogP contribution in [0.4, 0.5) is 0 Å². The number of rotatable bonds is 8. The lowest BCUT2D eigenvalue weighted by atomic mass is 10.2. The lowest BCUT2D eigenvalue weighted by Crippen LogP contribution is -2.36. The van der Waals surface area contributed by atoms with Crippen LogP contribution in [-0.4, -0.2) is 23.6 Å². The number of aromatic nitrogens is 1. The third kappa shape index (κ3) is 5.64. The number of halogens is 1. The molecule has 0 aliphatic carbocycles. The predicted molar refractivity (Wildman–Crippen MR) is 98.1 cm³/mol. The third-order valence-corrected chi connectivity index (χ3v) is 3.82. The Morgan fingerprint density at radius 1 is 1.36 bits per heavy atom. The van der Waals surface area contributed by atoms with Crippen LogP contribution in [0.3, 0.4) is 0 Å². The number of carbonyl (C=O) groups is 1. The topological polar surface area (TPSA) is 60.5 Å². The van der Waals surface area contributed by atoms with E-state index in [1.54, 1.807) is 19.2 Å². The second-order valence-corrected chi connectivity index (χ2v) is 6.14. The van der Waals surface area contributed by atoms with E-state index < -0.39 is 6.10 Å². The Balaban J connectivity index is 1.94. The van der Waals surface area contributed by atoms with Gasteiger partial charge >= 0.3 is 0 Å². The number of nitrogens with one attached hydrogen (secondary N) is 1. The van der Waals surface area contributed by atoms with Crippen LogP contribution in [0.15, 0.2) is 36.5 Å². The molecule has 0 fully saturated rings. The Labute approximate surface area is 153 Å². The molecule has 6 heteroatoms. The summed E-state index contributed by atoms with van der Waals surface area (Å²) < 4.78 is 11.3. The van der Waals surface area contributed by atoms with Crippen LogP contribution >= 0.6 is 11.6 Å². The van der Waals surface area contributed by atoms with E-state index >= 15 is 0 Å². The van der Waals surface area contributed by atoms with Crippen molar-refractivity contribution in [2.45, 2.75) is 39.8 Å². The molecule has 1 atom stereocenters. The van der Waals surface area contributed by atoms with Crippen LogP contribution in [0.5, 0.6) is 11.6 Å². The molecule has 0 bridgehead atoms. The molecule has 1 unspecified atom stereocenters. The molecule has 1 amide bonds. The summed E-state index contributed by atoms with van der Waals surface area (Å²) >= 11 is 6.11. The molecule has 25 heavy (non-hydrogen) atoms. The van der Waals surface area contributed by atoms with Crippen LogP contribution in [0.1, 0.15) is 31.4 Å². The molecule has 0 spiro atoms. The second-order valence-electron chi connectivity index (χ2n) is 5.73. The standard InChI is InChI=1S/C19H23ClN2O3/c1-4-10-24-19-15(6-5-9-21-19)12-22-18(23)14(3)25-17-11-13(2)7-8-16(17)20/h5-9,11,14H,4,10,12H2,1-3H3,(H,22,23). The van der Waals surface area contributed by atoms with Crippen LogP contribution < -0.4 is 14.8 Å². The Hall–Kier alpha value is -2.27. The zero-order valence-electron chi connectivity index (χ0n) is 14.7. The van der Waals surface area contributed by atoms with Crippen molar-refractivity contribution in [3.05, 3.63) is 52.7 Å². The van der Waals surface area contributed by atoms with Gasteiger partial charge in [0, 0.05) is 18.3 Å². The van der Waals surface area contributed by atoms with E-state index in [9.17, 15) is 4.79 Å². The average Bonchev–Trinajstić information content (AvgIpc) is 2.61. The smallest absolute Gasteiger partial charge is 0.261 e. The Kier molecular flexibility index (Phi) is 7.07. The number of ether oxygens (including phenoxy) is 2. The van der Waals surface area contributed by atoms with Crippen molar-refractivity contribution < 1.29 is 14.3 Å². The predicted octanol–water partition coefficient (Wildman–Crippen LogP) is 3.92. The fourth-order valence-electron chi connectivity index (χ4n) is 2.16. The zero-order valence-corrected chi connectivity index (χ0v) is 15.5. The van der Waals surface area contributed by atoms with Gasteiger partial charge < -0.3 is 14.8 Å². The summed E-state index contributed by atoms with van der Waals surface area (Å²) in [6.45, 7) is 6.56. The molecule has 134 valence electrons. The van der Waals surface area contributed by atoms with E-state index in [-0.39, 0.29) is 5.91 Å². The second kappa shape index (κ2) is 9.28. The SMILES string of the molecule is CCCOc1ncccc1CNC(=O)C(C)Oc1cc(C)ccc1Cl. The van der Waals surface area contributed by atoms with E-state index in [0.717, 1.165) is 17.5 Å². The van der Waals surface area contributed by atoms with Gasteiger partial charge in [-0.3, -0.25) is 4.79 Å². The molecular formula is C19H23ClN2O3. The summed E-state index contributed by atoms with van der Waals surface area (Å²) in [7, 11) is 0. The number of aryl methyl sites for hydroxylation is 1. The van der Waals surface area contributed by atoms with E-state index in [4.69, 9.17) is 21.1 Å². The number of pyridine rings is 1. The van der Waals surface area contributed by atoms with Crippen molar-refractivity contribution in [2.24, 2.45) is 0 Å². The van der Waals surface area contributed by atoms with Crippen LogP contribution in [-0.2, 0) is 11.3 Å². The summed E-state index contributed by atoms with van der Waals surface area (Å²) in [6.07, 6.45) is 1.89. The lowest BCUT2D eigenvalue weighted by molar-refractivity contribution is -0.127. The van der Waals surface area contributed by atoms with E-state index in [0.29, 0.717) is 29.8 Å². The maximum absolute atomic E-state index is 12.3. The lowest BCUT2D eigenvalue weighted by Gasteiger charge is -2.16. The summed E-state index contributed by atoms with van der Waals surface area (Å²) in [4.78, 5) is 16.5. The molecule has 5 nitrogen and oxygen atoms in total. The number of hydrogen-bond acceptors (Lipinski definition) is 4. The summed E-state index contributed by atoms with van der Waals surface area (Å²) in [5, 5.41) is 3.32. The first-order valence-corrected chi connectivity index (χ1v) is 8.66. The number of nitrogens with zero attached hydrogens (tertiary/aromatic N) is 1. The minimum atomic E-state index is -0.670. The number of benzene rings is 1. The molecule has 2 rings (SSSR count). The molecule has 1 aromatic carbocycles. The van der Waals surface area contributed by atoms with Gasteiger partial charge in [-0.2, -0.15) is 0 Å². The summed E-state index contributed by atoms with van der Waals surface area (Å²) in [5.74, 6) is 0.806. The van der Waals surface area contributed by atoms with E-state index in [1.165, 1.54) is 0 Å². The molecule has 0 saturated heterocycles. The first-order valence-electron chi connectivity index (χ1n) is 8.28. The monoisotopic (exact) mass is 362 g/mol. The summed E-state index contributed by atoms with van der Waals surface area (Å²) in [6, 6.07) is 9.14. The highest BCUT2D eigenvalue weighted by Crippen LogP contribution is 2.26. The van der Waals surface area contributed by atoms with Crippen molar-refractivity contribution in [3.8, 4) is 11.6 Å². The Morgan fingerprint density at radius 2 is 2.16 bits per heavy atom. The van der Waals surface area contributed by atoms with Gasteiger partial charge in [-0.1, -0.05) is 30.7 Å². The zero-order chi connectivity index (χ0) is 18.2. The van der Waals surface area contributed by atoms with E-state index in [2.05, 4.69) is 10.3 Å². The van der Waals surface area contributed by atoms with Crippen LogP contribution in [0.25, 0.3) is 0 Å². The van der Waals surface area contributed by atoms with Crippen LogP contribution in [0, 0.1) is 6.92 Å². The van der Waals surface area contributed by atoms with Gasteiger partial charge in [-0.25, -0.2) is 4.98 Å². The maximum atomic E-state index is 12.3. The van der Waals surface area contributed by atoms with Gasteiger partial charge in [0.15, 0.2) is 6.10 Å². The molecule has 1 N–H and O–H groups in total. The molecule has 0 aliphatic heterocycles. The normalized spacial score (nSPS) is 11.7. The van der Waals surface area contributed by atoms with Gasteiger partial charge in [-0.05, 0) is 44.0 Å². The largest absolute Gasteiger partial charge is 0.479 e. The fraction of sp³-hybridized carbons (Fsp3) is 0.368. The minimum Gasteiger partial charge on any atom is -0.479 e. The molecule has 0 saturated carbocycles. The van der Waals surface area contributed by atoms with E-state index in [1.807, 2.05) is 38.1 Å². The Bertz CT molecular complexity index is 722. The fourth-order valence-corrected chi connectivity index (χ4v) is 2.32. The van der Waals surface area contributed by atoms with Crippen molar-refractivity contribution in [3.63, 3.8) is 0 Å². The van der Waals surface area contributed by atoms with Gasteiger partial charge in [0.05, 0.1) is 11.6 Å². The molecule has 2 aromatic rings. The first-order chi connectivity index (χ1) is 12.0. The Morgan fingerprint density at radius 3 is 2.92 bits per heavy atom. The van der Waals surface area contributed by atoms with Gasteiger partial charge in [0.25, 0.3) is 5.91 Å². The van der Waals surface area contributed by atoms with Gasteiger partial charge in [-0.15, -0.1) is 0 Å². The van der Waals surface area contributed by atoms with Crippen molar-refractivity contribution in [1.29, 1.82) is 0 Å². The highest BCUT2D eigenvalue weighted by Gasteiger charge is 2.17. The van der Waals surface area contributed by atoms with Crippen molar-refractivity contribution >= 4 is 17.5 Å². The number of carbonyl (C=O) groups excluding carboxylic acids is 1. The third-order valence-electron chi connectivity index (χ3n) is 3.51. The molecule has 1 heterocycles. The number of hydrogen-bond donors (Lipinski definition) is 1. The molecule has 0 radical (unpaired) electrons. The van der Waals surface area contributed by atoms with Crippen molar-refractivity contribution in [1.82, 2.24) is 10.3 Å². The van der Waals surface area contributed by atoms with Gasteiger partial charge in [0.1, 0.15) is 5.75 Å². The molecular weight excluding hydrogens is 340 g/mol. The molecule has 0 aliphatic rings. The highest BCUT2D eigenvalue weighted by molar-refractivity contribution is 6.32. The minimum absolute atomic E-state index is 0.233. The quantitative estimate of drug-likeness (QED) is 0.773. The maximum Gasteiger partial charge on any atom is 0.261 e. The number of amides is 1. The summed E-state index contributed by atoms with van der Waals surface area (Å²) in [5.41, 5.74) is 1.84.